The summed E-state index contributed by atoms with van der Waals surface area (Å²) in [6.07, 6.45) is 0. The molecule has 0 spiro atoms. The van der Waals surface area contributed by atoms with Crippen LogP contribution >= 0.6 is 0 Å². The van der Waals surface area contributed by atoms with Gasteiger partial charge in [-0.2, -0.15) is 5.26 Å². The van der Waals surface area contributed by atoms with Gasteiger partial charge in [0.15, 0.2) is 0 Å². The Bertz CT molecular complexity index is 477. The van der Waals surface area contributed by atoms with Crippen LogP contribution in [-0.4, -0.2) is 17.1 Å². The van der Waals surface area contributed by atoms with Gasteiger partial charge in [-0.05, 0) is 26.0 Å². The minimum Gasteiger partial charge on any atom is -0.491 e. The maximum absolute atomic E-state index is 10.6. The fourth-order valence-electron chi connectivity index (χ4n) is 1.19. The Balaban J connectivity index is 2.79. The number of nitrogens with zero attached hydrogens (tertiary/aromatic N) is 2. The van der Waals surface area contributed by atoms with Crippen molar-refractivity contribution in [3.05, 3.63) is 33.9 Å². The van der Waals surface area contributed by atoms with Gasteiger partial charge < -0.3 is 10.5 Å². The summed E-state index contributed by atoms with van der Waals surface area (Å²) in [5, 5.41) is 19.3. The van der Waals surface area contributed by atoms with E-state index in [9.17, 15) is 10.1 Å². The molecule has 1 aromatic rings. The molecule has 1 atom stereocenters. The van der Waals surface area contributed by atoms with Crippen molar-refractivity contribution >= 4 is 5.69 Å². The lowest BCUT2D eigenvalue weighted by molar-refractivity contribution is -0.385. The van der Waals surface area contributed by atoms with Gasteiger partial charge in [0.1, 0.15) is 17.9 Å². The molecule has 1 unspecified atom stereocenters. The predicted octanol–water partition coefficient (Wildman–Crippen LogP) is 1.52. The van der Waals surface area contributed by atoms with Gasteiger partial charge in [0.05, 0.1) is 11.0 Å². The highest BCUT2D eigenvalue weighted by molar-refractivity contribution is 5.44. The molecule has 0 aliphatic rings. The van der Waals surface area contributed by atoms with Crippen molar-refractivity contribution in [2.24, 2.45) is 5.73 Å². The summed E-state index contributed by atoms with van der Waals surface area (Å²) in [4.78, 5) is 10.1. The molecular formula is C11H13N3O3. The van der Waals surface area contributed by atoms with Gasteiger partial charge in [0.25, 0.3) is 5.69 Å². The van der Waals surface area contributed by atoms with Crippen molar-refractivity contribution in [3.8, 4) is 11.8 Å². The summed E-state index contributed by atoms with van der Waals surface area (Å²) in [7, 11) is 0. The first-order chi connectivity index (χ1) is 7.85. The average molecular weight is 235 g/mol. The van der Waals surface area contributed by atoms with Crippen LogP contribution in [-0.2, 0) is 0 Å². The molecule has 1 aromatic carbocycles. The lowest BCUT2D eigenvalue weighted by Gasteiger charge is -2.16. The van der Waals surface area contributed by atoms with Crippen molar-refractivity contribution in [1.29, 1.82) is 5.26 Å². The quantitative estimate of drug-likeness (QED) is 0.629. The minimum absolute atomic E-state index is 0.0285. The smallest absolute Gasteiger partial charge is 0.272 e. The van der Waals surface area contributed by atoms with E-state index < -0.39 is 10.5 Å². The molecule has 0 aliphatic heterocycles. The normalized spacial score (nSPS) is 13.5. The summed E-state index contributed by atoms with van der Waals surface area (Å²) in [5.41, 5.74) is 5.05. The van der Waals surface area contributed by atoms with E-state index in [1.165, 1.54) is 12.1 Å². The molecule has 6 heteroatoms. The predicted molar refractivity (Wildman–Crippen MR) is 61.5 cm³/mol. The molecule has 0 aliphatic carbocycles. The van der Waals surface area contributed by atoms with Crippen LogP contribution in [0.3, 0.4) is 0 Å². The Morgan fingerprint density at radius 1 is 1.65 bits per heavy atom. The fraction of sp³-hybridized carbons (Fsp3) is 0.364. The van der Waals surface area contributed by atoms with Gasteiger partial charge in [-0.25, -0.2) is 0 Å². The molecule has 0 amide bonds. The lowest BCUT2D eigenvalue weighted by atomic mass is 10.1. The zero-order valence-electron chi connectivity index (χ0n) is 9.64. The third kappa shape index (κ3) is 3.43. The first kappa shape index (κ1) is 12.9. The zero-order chi connectivity index (χ0) is 13.1. The van der Waals surface area contributed by atoms with Gasteiger partial charge in [-0.15, -0.1) is 0 Å². The third-order valence-corrected chi connectivity index (χ3v) is 2.16. The number of benzene rings is 1. The second-order valence-electron chi connectivity index (χ2n) is 4.02. The second kappa shape index (κ2) is 4.80. The Morgan fingerprint density at radius 3 is 2.76 bits per heavy atom. The van der Waals surface area contributed by atoms with E-state index in [1.807, 2.05) is 6.07 Å². The molecule has 0 heterocycles. The molecule has 0 saturated heterocycles. The molecule has 0 aromatic heterocycles. The number of nitro benzene ring substituents is 1. The molecule has 0 radical (unpaired) electrons. The highest BCUT2D eigenvalue weighted by atomic mass is 16.6. The molecule has 2 N–H and O–H groups in total. The summed E-state index contributed by atoms with van der Waals surface area (Å²) in [6, 6.07) is 6.30. The number of nitro groups is 1. The van der Waals surface area contributed by atoms with Gasteiger partial charge in [0.2, 0.25) is 0 Å². The highest BCUT2D eigenvalue weighted by Gasteiger charge is 2.19. The van der Waals surface area contributed by atoms with E-state index in [0.717, 1.165) is 0 Å². The number of rotatable bonds is 4. The van der Waals surface area contributed by atoms with E-state index in [0.29, 0.717) is 11.3 Å². The van der Waals surface area contributed by atoms with Crippen LogP contribution in [0.4, 0.5) is 5.69 Å². The Hall–Kier alpha value is -2.13. The minimum atomic E-state index is -1.07. The topological polar surface area (TPSA) is 102 Å². The number of nitrogens with two attached hydrogens (primary N) is 1. The number of nitriles is 1. The van der Waals surface area contributed by atoms with E-state index in [-0.39, 0.29) is 12.3 Å². The van der Waals surface area contributed by atoms with Gasteiger partial charge in [0, 0.05) is 11.6 Å². The largest absolute Gasteiger partial charge is 0.491 e. The Labute approximate surface area is 98.8 Å². The maximum atomic E-state index is 10.6. The summed E-state index contributed by atoms with van der Waals surface area (Å²) < 4.78 is 5.31. The van der Waals surface area contributed by atoms with Crippen LogP contribution in [0.25, 0.3) is 0 Å². The van der Waals surface area contributed by atoms with E-state index >= 15 is 0 Å². The van der Waals surface area contributed by atoms with Crippen molar-refractivity contribution < 1.29 is 9.66 Å². The summed E-state index contributed by atoms with van der Waals surface area (Å²) >= 11 is 0. The van der Waals surface area contributed by atoms with Crippen LogP contribution in [0.1, 0.15) is 12.5 Å². The standard InChI is InChI=1S/C11H13N3O3/c1-8-5-9(3-4-10(8)14(15)16)17-7-11(2,13)6-12/h3-5H,7,13H2,1-2H3. The van der Waals surface area contributed by atoms with E-state index in [1.54, 1.807) is 19.9 Å². The maximum Gasteiger partial charge on any atom is 0.272 e. The third-order valence-electron chi connectivity index (χ3n) is 2.16. The van der Waals surface area contributed by atoms with Gasteiger partial charge in [-0.1, -0.05) is 0 Å². The van der Waals surface area contributed by atoms with Crippen LogP contribution in [0.5, 0.6) is 5.75 Å². The molecule has 0 fully saturated rings. The SMILES string of the molecule is Cc1cc(OCC(C)(N)C#N)ccc1[N+](=O)[O-]. The van der Waals surface area contributed by atoms with Crippen molar-refractivity contribution in [3.63, 3.8) is 0 Å². The molecule has 90 valence electrons. The van der Waals surface area contributed by atoms with Crippen LogP contribution in [0.15, 0.2) is 18.2 Å². The highest BCUT2D eigenvalue weighted by Crippen LogP contribution is 2.23. The number of ether oxygens (including phenoxy) is 1. The molecule has 6 nitrogen and oxygen atoms in total. The first-order valence-corrected chi connectivity index (χ1v) is 4.94. The number of hydrogen-bond acceptors (Lipinski definition) is 5. The zero-order valence-corrected chi connectivity index (χ0v) is 9.64. The van der Waals surface area contributed by atoms with Crippen LogP contribution in [0, 0.1) is 28.4 Å². The Kier molecular flexibility index (Phi) is 3.66. The second-order valence-corrected chi connectivity index (χ2v) is 4.02. The number of hydrogen-bond donors (Lipinski definition) is 1. The van der Waals surface area contributed by atoms with Gasteiger partial charge >= 0.3 is 0 Å². The first-order valence-electron chi connectivity index (χ1n) is 4.94. The monoisotopic (exact) mass is 235 g/mol. The number of aryl methyl sites for hydroxylation is 1. The summed E-state index contributed by atoms with van der Waals surface area (Å²) in [6.45, 7) is 3.20. The van der Waals surface area contributed by atoms with E-state index in [4.69, 9.17) is 15.7 Å². The fourth-order valence-corrected chi connectivity index (χ4v) is 1.19. The lowest BCUT2D eigenvalue weighted by Crippen LogP contribution is -2.40. The summed E-state index contributed by atoms with van der Waals surface area (Å²) in [5.74, 6) is 0.458. The van der Waals surface area contributed by atoms with Crippen LogP contribution < -0.4 is 10.5 Å². The molecule has 0 saturated carbocycles. The average Bonchev–Trinajstić information content (AvgIpc) is 2.26. The van der Waals surface area contributed by atoms with E-state index in [2.05, 4.69) is 0 Å². The van der Waals surface area contributed by atoms with Crippen molar-refractivity contribution in [2.75, 3.05) is 6.61 Å². The Morgan fingerprint density at radius 2 is 2.29 bits per heavy atom. The molecule has 0 bridgehead atoms. The molecule has 1 rings (SSSR count). The van der Waals surface area contributed by atoms with Gasteiger partial charge in [-0.3, -0.25) is 10.1 Å². The van der Waals surface area contributed by atoms with Crippen molar-refractivity contribution in [1.82, 2.24) is 0 Å². The van der Waals surface area contributed by atoms with Crippen LogP contribution in [0.2, 0.25) is 0 Å². The van der Waals surface area contributed by atoms with Crippen molar-refractivity contribution in [2.45, 2.75) is 19.4 Å². The molecule has 17 heavy (non-hydrogen) atoms. The molecular weight excluding hydrogens is 222 g/mol.